The molecular formula is C11H14N8O2S2. The maximum Gasteiger partial charge on any atom is 0.318 e. The summed E-state index contributed by atoms with van der Waals surface area (Å²) in [6.07, 6.45) is 0.0369. The molecule has 0 aliphatic rings. The molecule has 0 aromatic carbocycles. The van der Waals surface area contributed by atoms with Crippen molar-refractivity contribution < 1.29 is 8.42 Å². The van der Waals surface area contributed by atoms with Crippen LogP contribution in [-0.2, 0) is 16.6 Å². The lowest BCUT2D eigenvalue weighted by Crippen LogP contribution is -2.21. The molecule has 2 rings (SSSR count). The first-order valence-corrected chi connectivity index (χ1v) is 8.50. The fourth-order valence-corrected chi connectivity index (χ4v) is 2.74. The predicted octanol–water partition coefficient (Wildman–Crippen LogP) is -0.787. The van der Waals surface area contributed by atoms with Gasteiger partial charge < -0.3 is 17.2 Å². The quantitative estimate of drug-likeness (QED) is 0.399. The van der Waals surface area contributed by atoms with Crippen LogP contribution in [0.4, 0.5) is 5.13 Å². The van der Waals surface area contributed by atoms with Gasteiger partial charge in [-0.15, -0.1) is 15.7 Å². The first-order valence-electron chi connectivity index (χ1n) is 6.11. The van der Waals surface area contributed by atoms with Crippen molar-refractivity contribution in [3.05, 3.63) is 29.3 Å². The highest BCUT2D eigenvalue weighted by molar-refractivity contribution is 7.88. The molecule has 0 aliphatic heterocycles. The lowest BCUT2D eigenvalue weighted by atomic mass is 10.2. The Morgan fingerprint density at radius 2 is 1.91 bits per heavy atom. The summed E-state index contributed by atoms with van der Waals surface area (Å²) in [5.74, 6) is -0.240. The van der Waals surface area contributed by atoms with Gasteiger partial charge in [-0.25, -0.2) is 10.1 Å². The van der Waals surface area contributed by atoms with E-state index in [1.54, 1.807) is 23.6 Å². The highest BCUT2D eigenvalue weighted by atomic mass is 32.2. The van der Waals surface area contributed by atoms with Gasteiger partial charge in [0, 0.05) is 17.5 Å². The van der Waals surface area contributed by atoms with E-state index >= 15 is 0 Å². The molecule has 2 aromatic heterocycles. The molecule has 0 bridgehead atoms. The maximum absolute atomic E-state index is 10.9. The van der Waals surface area contributed by atoms with Gasteiger partial charge in [0.15, 0.2) is 5.96 Å². The van der Waals surface area contributed by atoms with Gasteiger partial charge in [-0.3, -0.25) is 4.98 Å². The molecule has 0 atom stereocenters. The van der Waals surface area contributed by atoms with Crippen LogP contribution in [0.5, 0.6) is 0 Å². The number of aliphatic imine (C=N–C) groups is 1. The molecule has 0 amide bonds. The van der Waals surface area contributed by atoms with Crippen molar-refractivity contribution >= 4 is 38.5 Å². The Balaban J connectivity index is 2.25. The second-order valence-electron chi connectivity index (χ2n) is 4.34. The zero-order valence-corrected chi connectivity index (χ0v) is 13.4. The molecular weight excluding hydrogens is 340 g/mol. The first kappa shape index (κ1) is 16.8. The number of hydrogen-bond donors (Lipinski definition) is 4. The second-order valence-corrected chi connectivity index (χ2v) is 6.39. The Hall–Kier alpha value is -2.57. The molecule has 0 fully saturated rings. The van der Waals surface area contributed by atoms with E-state index in [9.17, 15) is 8.42 Å². The molecule has 0 radical (unpaired) electrons. The normalized spacial score (nSPS) is 12.1. The lowest BCUT2D eigenvalue weighted by molar-refractivity contribution is 0.599. The molecule has 10 nitrogen and oxygen atoms in total. The van der Waals surface area contributed by atoms with Crippen LogP contribution in [0.25, 0.3) is 11.4 Å². The summed E-state index contributed by atoms with van der Waals surface area (Å²) in [6, 6.07) is 5.16. The predicted molar refractivity (Wildman–Crippen MR) is 89.2 cm³/mol. The van der Waals surface area contributed by atoms with Crippen molar-refractivity contribution in [2.24, 2.45) is 31.7 Å². The summed E-state index contributed by atoms with van der Waals surface area (Å²) in [7, 11) is -4.03. The van der Waals surface area contributed by atoms with Gasteiger partial charge in [-0.1, -0.05) is 6.07 Å². The second kappa shape index (κ2) is 6.68. The summed E-state index contributed by atoms with van der Waals surface area (Å²) in [5, 5.41) is 6.95. The Labute approximate surface area is 136 Å². The van der Waals surface area contributed by atoms with Gasteiger partial charge in [0.05, 0.1) is 5.69 Å². The van der Waals surface area contributed by atoms with Gasteiger partial charge in [0.1, 0.15) is 11.5 Å². The molecule has 2 aromatic rings. The smallest absolute Gasteiger partial charge is 0.318 e. The van der Waals surface area contributed by atoms with Crippen molar-refractivity contribution in [1.82, 2.24) is 9.97 Å². The molecule has 8 N–H and O–H groups in total. The number of nitrogens with zero attached hydrogens (tertiary/aromatic N) is 4. The van der Waals surface area contributed by atoms with E-state index in [4.69, 9.17) is 22.3 Å². The zero-order valence-electron chi connectivity index (χ0n) is 11.7. The maximum atomic E-state index is 10.9. The van der Waals surface area contributed by atoms with E-state index in [1.165, 1.54) is 11.3 Å². The fourth-order valence-electron chi connectivity index (χ4n) is 1.65. The van der Waals surface area contributed by atoms with Crippen molar-refractivity contribution in [2.75, 3.05) is 0 Å². The van der Waals surface area contributed by atoms with Crippen LogP contribution in [0.1, 0.15) is 5.69 Å². The van der Waals surface area contributed by atoms with E-state index in [0.29, 0.717) is 22.2 Å². The lowest BCUT2D eigenvalue weighted by Gasteiger charge is -2.02. The summed E-state index contributed by atoms with van der Waals surface area (Å²) in [5.41, 5.74) is 17.8. The Bertz CT molecular complexity index is 868. The van der Waals surface area contributed by atoms with Crippen LogP contribution >= 0.6 is 11.3 Å². The van der Waals surface area contributed by atoms with E-state index in [-0.39, 0.29) is 18.2 Å². The standard InChI is InChI=1S/C11H14N8O2S2/c12-9(19-23(15,20)21)4-6-2-1-3-7(16-6)8-5-22-11(17-8)18-10(13)14/h1-3,5H,4H2,(H2,12,19)(H2,15,20,21)(H4,13,14,17,18). The van der Waals surface area contributed by atoms with E-state index in [1.807, 2.05) is 0 Å². The average Bonchev–Trinajstić information content (AvgIpc) is 2.84. The molecule has 12 heteroatoms. The Kier molecular flexibility index (Phi) is 4.88. The van der Waals surface area contributed by atoms with Gasteiger partial charge >= 0.3 is 10.2 Å². The van der Waals surface area contributed by atoms with Crippen LogP contribution < -0.4 is 22.3 Å². The average molecular weight is 354 g/mol. The number of thiazole rings is 1. The molecule has 0 saturated heterocycles. The SMILES string of the molecule is NC(N)=Nc1nc(-c2cccc(C/C(N)=N/S(N)(=O)=O)n2)cs1. The summed E-state index contributed by atoms with van der Waals surface area (Å²) < 4.78 is 24.9. The Morgan fingerprint density at radius 1 is 1.17 bits per heavy atom. The van der Waals surface area contributed by atoms with Crippen LogP contribution in [0.15, 0.2) is 33.0 Å². The van der Waals surface area contributed by atoms with E-state index in [2.05, 4.69) is 19.4 Å². The van der Waals surface area contributed by atoms with E-state index < -0.39 is 10.2 Å². The molecule has 23 heavy (non-hydrogen) atoms. The molecule has 0 unspecified atom stereocenters. The number of aromatic nitrogens is 2. The highest BCUT2D eigenvalue weighted by Crippen LogP contribution is 2.25. The Morgan fingerprint density at radius 3 is 2.57 bits per heavy atom. The summed E-state index contributed by atoms with van der Waals surface area (Å²) in [6.45, 7) is 0. The number of amidine groups is 1. The van der Waals surface area contributed by atoms with Crippen molar-refractivity contribution in [2.45, 2.75) is 6.42 Å². The molecule has 0 aliphatic carbocycles. The third-order valence-corrected chi connectivity index (χ3v) is 3.62. The first-order chi connectivity index (χ1) is 10.7. The van der Waals surface area contributed by atoms with Crippen LogP contribution in [0.2, 0.25) is 0 Å². The number of nitrogens with two attached hydrogens (primary N) is 4. The largest absolute Gasteiger partial charge is 0.386 e. The van der Waals surface area contributed by atoms with Gasteiger partial charge in [0.25, 0.3) is 0 Å². The molecule has 2 heterocycles. The minimum atomic E-state index is -4.03. The van der Waals surface area contributed by atoms with Crippen molar-refractivity contribution in [3.63, 3.8) is 0 Å². The minimum absolute atomic E-state index is 0.0369. The topological polar surface area (TPSA) is 189 Å². The van der Waals surface area contributed by atoms with Gasteiger partial charge in [-0.2, -0.15) is 13.4 Å². The van der Waals surface area contributed by atoms with Crippen LogP contribution in [0.3, 0.4) is 0 Å². The highest BCUT2D eigenvalue weighted by Gasteiger charge is 2.08. The molecule has 0 saturated carbocycles. The van der Waals surface area contributed by atoms with Crippen LogP contribution in [-0.4, -0.2) is 30.2 Å². The monoisotopic (exact) mass is 354 g/mol. The number of hydrogen-bond acceptors (Lipinski definition) is 6. The van der Waals surface area contributed by atoms with Crippen molar-refractivity contribution in [1.29, 1.82) is 0 Å². The van der Waals surface area contributed by atoms with Gasteiger partial charge in [0.2, 0.25) is 5.13 Å². The minimum Gasteiger partial charge on any atom is -0.386 e. The summed E-state index contributed by atoms with van der Waals surface area (Å²) >= 11 is 1.26. The third-order valence-electron chi connectivity index (χ3n) is 2.39. The van der Waals surface area contributed by atoms with Crippen molar-refractivity contribution in [3.8, 4) is 11.4 Å². The van der Waals surface area contributed by atoms with Crippen LogP contribution in [0, 0.1) is 0 Å². The fraction of sp³-hybridized carbons (Fsp3) is 0.0909. The zero-order chi connectivity index (χ0) is 17.0. The number of guanidine groups is 1. The third kappa shape index (κ3) is 5.28. The molecule has 122 valence electrons. The molecule has 0 spiro atoms. The number of pyridine rings is 1. The summed E-state index contributed by atoms with van der Waals surface area (Å²) in [4.78, 5) is 12.4. The number of rotatable bonds is 5. The van der Waals surface area contributed by atoms with E-state index in [0.717, 1.165) is 0 Å². The van der Waals surface area contributed by atoms with Gasteiger partial charge in [-0.05, 0) is 12.1 Å².